The normalized spacial score (nSPS) is 18.4. The van der Waals surface area contributed by atoms with Crippen molar-refractivity contribution in [1.29, 1.82) is 5.26 Å². The maximum Gasteiger partial charge on any atom is 0.248 e. The highest BCUT2D eigenvalue weighted by Gasteiger charge is 2.37. The fourth-order valence-electron chi connectivity index (χ4n) is 5.37. The van der Waals surface area contributed by atoms with E-state index >= 15 is 0 Å². The average Bonchev–Trinajstić information content (AvgIpc) is 3.38. The van der Waals surface area contributed by atoms with E-state index < -0.39 is 10.0 Å². The molecule has 0 aliphatic carbocycles. The molecule has 0 aromatic heterocycles. The van der Waals surface area contributed by atoms with Crippen molar-refractivity contribution in [2.45, 2.75) is 44.2 Å². The topological polar surface area (TPSA) is 103 Å². The molecule has 1 unspecified atom stereocenters. The number of halogens is 1. The molecule has 0 radical (unpaired) electrons. The molecule has 2 aromatic rings. The monoisotopic (exact) mass is 576 g/mol. The summed E-state index contributed by atoms with van der Waals surface area (Å²) in [6, 6.07) is 12.9. The summed E-state index contributed by atoms with van der Waals surface area (Å²) >= 11 is 0. The molecule has 2 saturated heterocycles. The van der Waals surface area contributed by atoms with E-state index in [1.807, 2.05) is 18.2 Å². The second kappa shape index (κ2) is 13.6. The van der Waals surface area contributed by atoms with E-state index in [0.717, 1.165) is 31.6 Å². The lowest BCUT2D eigenvalue weighted by atomic mass is 10.1. The standard InChI is InChI=1S/C28H36N4O5S.ClH/c1-21-14-26(36-3)15-22(2)28(21)38(34,35)32-9-5-8-25(32)19-37-20-27(33)31-12-10-30(11-13-31)18-24-7-4-6-23(16-24)17-29;/h4,6-7,14-16,25H,5,8-13,18-20H2,1-3H3;1H. The number of nitriles is 1. The van der Waals surface area contributed by atoms with Gasteiger partial charge in [-0.05, 0) is 67.6 Å². The van der Waals surface area contributed by atoms with Gasteiger partial charge in [0, 0.05) is 45.3 Å². The van der Waals surface area contributed by atoms with Gasteiger partial charge in [0.2, 0.25) is 15.9 Å². The molecule has 1 amide bonds. The van der Waals surface area contributed by atoms with E-state index in [4.69, 9.17) is 14.7 Å². The van der Waals surface area contributed by atoms with Crippen molar-refractivity contribution >= 4 is 28.3 Å². The number of methoxy groups -OCH3 is 1. The Morgan fingerprint density at radius 3 is 2.41 bits per heavy atom. The number of sulfonamides is 1. The Morgan fingerprint density at radius 2 is 1.77 bits per heavy atom. The number of amides is 1. The summed E-state index contributed by atoms with van der Waals surface area (Å²) < 4.78 is 39.7. The van der Waals surface area contributed by atoms with Crippen LogP contribution >= 0.6 is 12.4 Å². The molecule has 39 heavy (non-hydrogen) atoms. The van der Waals surface area contributed by atoms with Crippen LogP contribution in [0.15, 0.2) is 41.3 Å². The predicted molar refractivity (Wildman–Crippen MR) is 150 cm³/mol. The highest BCUT2D eigenvalue weighted by Crippen LogP contribution is 2.32. The third-order valence-corrected chi connectivity index (χ3v) is 9.54. The van der Waals surface area contributed by atoms with Gasteiger partial charge in [0.05, 0.1) is 30.2 Å². The number of hydrogen-bond donors (Lipinski definition) is 0. The molecular weight excluding hydrogens is 540 g/mol. The smallest absolute Gasteiger partial charge is 0.248 e. The van der Waals surface area contributed by atoms with Gasteiger partial charge in [0.25, 0.3) is 0 Å². The van der Waals surface area contributed by atoms with Gasteiger partial charge in [-0.2, -0.15) is 9.57 Å². The summed E-state index contributed by atoms with van der Waals surface area (Å²) in [6.07, 6.45) is 1.46. The van der Waals surface area contributed by atoms with Gasteiger partial charge in [0.15, 0.2) is 0 Å². The molecule has 4 rings (SSSR count). The lowest BCUT2D eigenvalue weighted by molar-refractivity contribution is -0.138. The number of ether oxygens (including phenoxy) is 2. The minimum Gasteiger partial charge on any atom is -0.497 e. The van der Waals surface area contributed by atoms with Crippen LogP contribution in [-0.2, 0) is 26.1 Å². The summed E-state index contributed by atoms with van der Waals surface area (Å²) in [5.74, 6) is 0.554. The average molecular weight is 577 g/mol. The maximum absolute atomic E-state index is 13.6. The lowest BCUT2D eigenvalue weighted by Crippen LogP contribution is -2.49. The Balaban J connectivity index is 0.00000420. The first-order valence-electron chi connectivity index (χ1n) is 13.0. The van der Waals surface area contributed by atoms with Crippen LogP contribution in [0.3, 0.4) is 0 Å². The fourth-order valence-corrected chi connectivity index (χ4v) is 7.47. The molecule has 0 spiro atoms. The lowest BCUT2D eigenvalue weighted by Gasteiger charge is -2.35. The summed E-state index contributed by atoms with van der Waals surface area (Å²) in [7, 11) is -2.14. The molecule has 0 saturated carbocycles. The number of carbonyl (C=O) groups is 1. The Hall–Kier alpha value is -2.68. The Kier molecular flexibility index (Phi) is 10.8. The number of aryl methyl sites for hydroxylation is 2. The van der Waals surface area contributed by atoms with Gasteiger partial charge in [-0.25, -0.2) is 8.42 Å². The predicted octanol–water partition coefficient (Wildman–Crippen LogP) is 3.12. The molecular formula is C28H37ClN4O5S. The molecule has 2 aliphatic heterocycles. The van der Waals surface area contributed by atoms with E-state index in [1.165, 1.54) is 4.31 Å². The third-order valence-electron chi connectivity index (χ3n) is 7.28. The zero-order valence-electron chi connectivity index (χ0n) is 22.8. The van der Waals surface area contributed by atoms with Gasteiger partial charge in [0.1, 0.15) is 12.4 Å². The van der Waals surface area contributed by atoms with Crippen molar-refractivity contribution in [1.82, 2.24) is 14.1 Å². The maximum atomic E-state index is 13.6. The number of hydrogen-bond acceptors (Lipinski definition) is 7. The molecule has 2 aromatic carbocycles. The van der Waals surface area contributed by atoms with Crippen LogP contribution in [0.2, 0.25) is 0 Å². The number of nitrogens with zero attached hydrogens (tertiary/aromatic N) is 4. The van der Waals surface area contributed by atoms with E-state index in [2.05, 4.69) is 11.0 Å². The number of carbonyl (C=O) groups excluding carboxylic acids is 1. The van der Waals surface area contributed by atoms with Crippen molar-refractivity contribution in [3.8, 4) is 11.8 Å². The van der Waals surface area contributed by atoms with Crippen LogP contribution in [0.5, 0.6) is 5.75 Å². The van der Waals surface area contributed by atoms with Gasteiger partial charge in [-0.3, -0.25) is 9.69 Å². The molecule has 11 heteroatoms. The van der Waals surface area contributed by atoms with Crippen LogP contribution in [0.4, 0.5) is 0 Å². The SMILES string of the molecule is COc1cc(C)c(S(=O)(=O)N2CCCC2COCC(=O)N2CCN(Cc3cccc(C#N)c3)CC2)c(C)c1.Cl. The zero-order valence-corrected chi connectivity index (χ0v) is 24.4. The summed E-state index contributed by atoms with van der Waals surface area (Å²) in [6.45, 7) is 7.60. The van der Waals surface area contributed by atoms with E-state index in [-0.39, 0.29) is 37.6 Å². The Morgan fingerprint density at radius 1 is 1.08 bits per heavy atom. The highest BCUT2D eigenvalue weighted by molar-refractivity contribution is 7.89. The van der Waals surface area contributed by atoms with Gasteiger partial charge < -0.3 is 14.4 Å². The molecule has 1 atom stereocenters. The number of benzene rings is 2. The van der Waals surface area contributed by atoms with E-state index in [9.17, 15) is 13.2 Å². The van der Waals surface area contributed by atoms with Crippen LogP contribution in [-0.4, -0.2) is 87.5 Å². The first-order valence-corrected chi connectivity index (χ1v) is 14.4. The second-order valence-electron chi connectivity index (χ2n) is 9.99. The molecule has 0 N–H and O–H groups in total. The Labute approximate surface area is 237 Å². The molecule has 9 nitrogen and oxygen atoms in total. The molecule has 212 valence electrons. The van der Waals surface area contributed by atoms with Crippen LogP contribution in [0, 0.1) is 25.2 Å². The van der Waals surface area contributed by atoms with Crippen molar-refractivity contribution in [3.05, 3.63) is 58.7 Å². The molecule has 0 bridgehead atoms. The third kappa shape index (κ3) is 7.29. The van der Waals surface area contributed by atoms with E-state index in [1.54, 1.807) is 44.1 Å². The van der Waals surface area contributed by atoms with Gasteiger partial charge in [-0.15, -0.1) is 12.4 Å². The van der Waals surface area contributed by atoms with Crippen LogP contribution < -0.4 is 4.74 Å². The first-order chi connectivity index (χ1) is 18.2. The second-order valence-corrected chi connectivity index (χ2v) is 11.8. The van der Waals surface area contributed by atoms with Crippen molar-refractivity contribution < 1.29 is 22.7 Å². The Bertz CT molecular complexity index is 1280. The highest BCUT2D eigenvalue weighted by atomic mass is 35.5. The van der Waals surface area contributed by atoms with Gasteiger partial charge >= 0.3 is 0 Å². The molecule has 2 heterocycles. The van der Waals surface area contributed by atoms with Crippen molar-refractivity contribution in [2.24, 2.45) is 0 Å². The summed E-state index contributed by atoms with van der Waals surface area (Å²) in [5, 5.41) is 9.09. The zero-order chi connectivity index (χ0) is 27.3. The van der Waals surface area contributed by atoms with Crippen molar-refractivity contribution in [2.75, 3.05) is 53.0 Å². The number of rotatable bonds is 9. The largest absolute Gasteiger partial charge is 0.497 e. The quantitative estimate of drug-likeness (QED) is 0.452. The molecule has 2 fully saturated rings. The number of piperazine rings is 1. The van der Waals surface area contributed by atoms with E-state index in [0.29, 0.717) is 53.4 Å². The first kappa shape index (κ1) is 30.9. The van der Waals surface area contributed by atoms with Gasteiger partial charge in [-0.1, -0.05) is 12.1 Å². The minimum absolute atomic E-state index is 0. The summed E-state index contributed by atoms with van der Waals surface area (Å²) in [5.41, 5.74) is 3.04. The minimum atomic E-state index is -3.70. The van der Waals surface area contributed by atoms with Crippen molar-refractivity contribution in [3.63, 3.8) is 0 Å². The molecule has 2 aliphatic rings. The van der Waals surface area contributed by atoms with Crippen LogP contribution in [0.25, 0.3) is 0 Å². The summed E-state index contributed by atoms with van der Waals surface area (Å²) in [4.78, 5) is 17.2. The van der Waals surface area contributed by atoms with Crippen LogP contribution in [0.1, 0.15) is 35.1 Å². The fraction of sp³-hybridized carbons (Fsp3) is 0.500.